The number of Topliss-reactive ketones (excluding diaryl/α,β-unsaturated/α-hetero) is 1. The van der Waals surface area contributed by atoms with Crippen molar-refractivity contribution in [3.63, 3.8) is 0 Å². The fraction of sp³-hybridized carbons (Fsp3) is 0.871. The van der Waals surface area contributed by atoms with Gasteiger partial charge in [-0.25, -0.2) is 0 Å². The molecule has 4 fully saturated rings. The molecule has 0 aliphatic heterocycles. The maximum Gasteiger partial charge on any atom is 0.305 e. The molecule has 8 heteroatoms. The van der Waals surface area contributed by atoms with Gasteiger partial charge in [-0.3, -0.25) is 19.2 Å². The van der Waals surface area contributed by atoms with Gasteiger partial charge in [0, 0.05) is 31.6 Å². The molecule has 0 aromatic heterocycles. The number of rotatable bonds is 7. The molecule has 7 nitrogen and oxygen atoms in total. The van der Waals surface area contributed by atoms with Gasteiger partial charge in [-0.05, 0) is 91.7 Å². The van der Waals surface area contributed by atoms with Gasteiger partial charge in [-0.1, -0.05) is 27.7 Å². The number of carbonyl (C=O) groups is 4. The molecule has 2 radical (unpaired) electrons. The number of fused-ring (bicyclic) bond motifs is 5. The summed E-state index contributed by atoms with van der Waals surface area (Å²) in [4.78, 5) is 50.6. The van der Waals surface area contributed by atoms with Gasteiger partial charge in [0.1, 0.15) is 18.0 Å². The Bertz CT molecular complexity index is 982. The Morgan fingerprint density at radius 1 is 1.05 bits per heavy atom. The molecule has 0 bridgehead atoms. The van der Waals surface area contributed by atoms with E-state index in [0.29, 0.717) is 19.3 Å². The lowest BCUT2D eigenvalue weighted by Gasteiger charge is -2.66. The Morgan fingerprint density at radius 2 is 1.72 bits per heavy atom. The van der Waals surface area contributed by atoms with Gasteiger partial charge in [-0.15, -0.1) is 0 Å². The molecule has 4 saturated carbocycles. The molecule has 39 heavy (non-hydrogen) atoms. The smallest absolute Gasteiger partial charge is 0.305 e. The van der Waals surface area contributed by atoms with Gasteiger partial charge in [0.05, 0.1) is 15.0 Å². The summed E-state index contributed by atoms with van der Waals surface area (Å²) in [6.07, 6.45) is 5.38. The minimum Gasteiger partial charge on any atom is -0.469 e. The first kappa shape index (κ1) is 30.1. The van der Waals surface area contributed by atoms with E-state index in [2.05, 4.69) is 27.7 Å². The van der Waals surface area contributed by atoms with E-state index in [1.165, 1.54) is 21.0 Å². The SMILES string of the molecule is [B]C1C(=O)[C@@]2(C)C(CC[C@@H]2[C@H](C)CCC(=O)OC)C2C(OC(C)=O)[C@H](CC)[C@@H]3C[C@H](OC(C)=O)CC[C@]3(C)C12. The van der Waals surface area contributed by atoms with Crippen LogP contribution in [-0.4, -0.2) is 50.9 Å². The minimum absolute atomic E-state index is 0.0131. The van der Waals surface area contributed by atoms with E-state index < -0.39 is 11.2 Å². The lowest BCUT2D eigenvalue weighted by Crippen LogP contribution is -2.66. The molecule has 0 aromatic carbocycles. The summed E-state index contributed by atoms with van der Waals surface area (Å²) in [5, 5.41) is 0. The van der Waals surface area contributed by atoms with Crippen molar-refractivity contribution in [2.45, 2.75) is 111 Å². The van der Waals surface area contributed by atoms with Gasteiger partial charge in [0.25, 0.3) is 0 Å². The Morgan fingerprint density at radius 3 is 2.31 bits per heavy atom. The number of ether oxygens (including phenoxy) is 3. The van der Waals surface area contributed by atoms with E-state index in [1.54, 1.807) is 0 Å². The van der Waals surface area contributed by atoms with Crippen LogP contribution in [0.25, 0.3) is 0 Å². The van der Waals surface area contributed by atoms with Crippen molar-refractivity contribution in [3.05, 3.63) is 0 Å². The van der Waals surface area contributed by atoms with Crippen molar-refractivity contribution in [1.82, 2.24) is 0 Å². The van der Waals surface area contributed by atoms with E-state index >= 15 is 0 Å². The lowest BCUT2D eigenvalue weighted by atomic mass is 9.36. The first-order chi connectivity index (χ1) is 18.3. The number of esters is 3. The van der Waals surface area contributed by atoms with E-state index in [0.717, 1.165) is 32.1 Å². The predicted octanol–water partition coefficient (Wildman–Crippen LogP) is 5.09. The summed E-state index contributed by atoms with van der Waals surface area (Å²) in [6, 6.07) is 0. The quantitative estimate of drug-likeness (QED) is 0.251. The standard InChI is InChI=1S/C31H47BO7/c1-8-20-23-15-19(38-17(3)33)13-14-30(23,5)26-25(28(20)39-18(4)34)22-11-10-21(16(2)9-12-24(35)37-7)31(22,6)29(36)27(26)32/h16,19-23,25-28H,8-15H2,1-7H3/t16-,19-,20-,21-,22?,23+,25?,26?,27?,28?,30+,31-/m1/s1. The van der Waals surface area contributed by atoms with Crippen LogP contribution in [0.2, 0.25) is 5.82 Å². The summed E-state index contributed by atoms with van der Waals surface area (Å²) in [5.41, 5.74) is -0.853. The highest BCUT2D eigenvalue weighted by atomic mass is 16.5. The molecule has 4 aliphatic rings. The molecular formula is C31H47BO7. The molecule has 216 valence electrons. The van der Waals surface area contributed by atoms with E-state index in [1.807, 2.05) is 0 Å². The summed E-state index contributed by atoms with van der Waals surface area (Å²) in [6.45, 7) is 11.6. The monoisotopic (exact) mass is 542 g/mol. The molecule has 0 saturated heterocycles. The van der Waals surface area contributed by atoms with Crippen LogP contribution in [0.5, 0.6) is 0 Å². The van der Waals surface area contributed by atoms with Crippen LogP contribution in [0.4, 0.5) is 0 Å². The number of hydrogen-bond donors (Lipinski definition) is 0. The first-order valence-electron chi connectivity index (χ1n) is 15.0. The lowest BCUT2D eigenvalue weighted by molar-refractivity contribution is -0.215. The summed E-state index contributed by atoms with van der Waals surface area (Å²) in [5.74, 6) is -0.915. The van der Waals surface area contributed by atoms with Crippen LogP contribution in [0.3, 0.4) is 0 Å². The molecular weight excluding hydrogens is 495 g/mol. The van der Waals surface area contributed by atoms with E-state index in [-0.39, 0.29) is 82.7 Å². The number of methoxy groups -OCH3 is 1. The second-order valence-corrected chi connectivity index (χ2v) is 13.4. The fourth-order valence-corrected chi connectivity index (χ4v) is 10.1. The van der Waals surface area contributed by atoms with Gasteiger partial charge in [0.2, 0.25) is 0 Å². The molecule has 12 atom stereocenters. The van der Waals surface area contributed by atoms with Crippen LogP contribution < -0.4 is 0 Å². The predicted molar refractivity (Wildman–Crippen MR) is 147 cm³/mol. The van der Waals surface area contributed by atoms with Gasteiger partial charge < -0.3 is 14.2 Å². The molecule has 5 unspecified atom stereocenters. The van der Waals surface area contributed by atoms with Gasteiger partial charge >= 0.3 is 17.9 Å². The largest absolute Gasteiger partial charge is 0.469 e. The zero-order valence-electron chi connectivity index (χ0n) is 24.9. The Labute approximate surface area is 235 Å². The second-order valence-electron chi connectivity index (χ2n) is 13.4. The number of hydrogen-bond acceptors (Lipinski definition) is 7. The Hall–Kier alpha value is -1.86. The van der Waals surface area contributed by atoms with Crippen molar-refractivity contribution in [3.8, 4) is 0 Å². The molecule has 0 aromatic rings. The maximum absolute atomic E-state index is 14.4. The summed E-state index contributed by atoms with van der Waals surface area (Å²) < 4.78 is 16.8. The topological polar surface area (TPSA) is 96.0 Å². The average Bonchev–Trinajstić information content (AvgIpc) is 3.23. The molecule has 0 N–H and O–H groups in total. The van der Waals surface area contributed by atoms with Crippen molar-refractivity contribution >= 4 is 31.5 Å². The highest BCUT2D eigenvalue weighted by Crippen LogP contribution is 2.71. The van der Waals surface area contributed by atoms with Gasteiger partial charge in [0.15, 0.2) is 0 Å². The van der Waals surface area contributed by atoms with Crippen LogP contribution in [0.1, 0.15) is 92.9 Å². The van der Waals surface area contributed by atoms with Crippen LogP contribution in [-0.2, 0) is 33.4 Å². The minimum atomic E-state index is -0.654. The molecule has 0 spiro atoms. The molecule has 0 heterocycles. The molecule has 4 rings (SSSR count). The Kier molecular flexibility index (Phi) is 8.64. The van der Waals surface area contributed by atoms with E-state index in [4.69, 9.17) is 22.1 Å². The van der Waals surface area contributed by atoms with Crippen LogP contribution in [0.15, 0.2) is 0 Å². The van der Waals surface area contributed by atoms with Crippen molar-refractivity contribution in [2.24, 2.45) is 52.3 Å². The van der Waals surface area contributed by atoms with Crippen LogP contribution in [0, 0.1) is 52.3 Å². The summed E-state index contributed by atoms with van der Waals surface area (Å²) in [7, 11) is 8.42. The highest BCUT2D eigenvalue weighted by molar-refractivity contribution is 6.26. The van der Waals surface area contributed by atoms with Crippen molar-refractivity contribution < 1.29 is 33.4 Å². The summed E-state index contributed by atoms with van der Waals surface area (Å²) >= 11 is 0. The third-order valence-corrected chi connectivity index (χ3v) is 11.7. The zero-order valence-corrected chi connectivity index (χ0v) is 24.9. The third-order valence-electron chi connectivity index (χ3n) is 11.7. The molecule has 4 aliphatic carbocycles. The first-order valence-corrected chi connectivity index (χ1v) is 15.0. The van der Waals surface area contributed by atoms with Crippen molar-refractivity contribution in [2.75, 3.05) is 7.11 Å². The van der Waals surface area contributed by atoms with Gasteiger partial charge in [-0.2, -0.15) is 0 Å². The van der Waals surface area contributed by atoms with Crippen LogP contribution >= 0.6 is 0 Å². The highest BCUT2D eigenvalue weighted by Gasteiger charge is 2.70. The normalized spacial score (nSPS) is 43.9. The number of ketones is 1. The fourth-order valence-electron chi connectivity index (χ4n) is 10.1. The molecule has 0 amide bonds. The van der Waals surface area contributed by atoms with E-state index in [9.17, 15) is 19.2 Å². The second kappa shape index (κ2) is 11.2. The van der Waals surface area contributed by atoms with Crippen molar-refractivity contribution in [1.29, 1.82) is 0 Å². The zero-order chi connectivity index (χ0) is 28.9. The Balaban J connectivity index is 1.75. The number of carbonyl (C=O) groups excluding carboxylic acids is 4. The third kappa shape index (κ3) is 4.96. The maximum atomic E-state index is 14.4. The average molecular weight is 543 g/mol.